The molecular weight excluding hydrogens is 522 g/mol. The van der Waals surface area contributed by atoms with E-state index in [1.807, 2.05) is 84.9 Å². The topological polar surface area (TPSA) is 77.0 Å². The van der Waals surface area contributed by atoms with E-state index in [2.05, 4.69) is 11.4 Å². The minimum Gasteiger partial charge on any atom is -0.496 e. The van der Waals surface area contributed by atoms with Crippen molar-refractivity contribution in [3.63, 3.8) is 0 Å². The van der Waals surface area contributed by atoms with Gasteiger partial charge in [0.1, 0.15) is 5.75 Å². The first kappa shape index (κ1) is 27.9. The Labute approximate surface area is 239 Å². The zero-order chi connectivity index (χ0) is 27.7. The first-order valence-corrected chi connectivity index (χ1v) is 14.3. The van der Waals surface area contributed by atoms with Crippen LogP contribution in [0, 0.1) is 0 Å². The lowest BCUT2D eigenvalue weighted by atomic mass is 10.0. The van der Waals surface area contributed by atoms with Gasteiger partial charge in [-0.3, -0.25) is 4.79 Å². The number of carbonyl (C=O) groups is 1. The normalized spacial score (nSPS) is 18.7. The van der Waals surface area contributed by atoms with E-state index < -0.39 is 6.29 Å². The number of ether oxygens (including phenoxy) is 3. The fourth-order valence-corrected chi connectivity index (χ4v) is 5.66. The fraction of sp³-hybridized carbons (Fsp3) is 0.242. The number of rotatable bonds is 10. The Balaban J connectivity index is 1.28. The number of hydrogen-bond acceptors (Lipinski definition) is 6. The molecule has 0 spiro atoms. The number of thioether (sulfide) groups is 1. The fourth-order valence-electron chi connectivity index (χ4n) is 4.61. The van der Waals surface area contributed by atoms with Gasteiger partial charge in [-0.15, -0.1) is 11.8 Å². The molecule has 0 saturated carbocycles. The summed E-state index contributed by atoms with van der Waals surface area (Å²) in [6.07, 6.45) is -0.0334. The molecule has 2 N–H and O–H groups in total. The summed E-state index contributed by atoms with van der Waals surface area (Å²) in [6.45, 7) is 0.437. The summed E-state index contributed by atoms with van der Waals surface area (Å²) >= 11 is 1.71. The highest BCUT2D eigenvalue weighted by molar-refractivity contribution is 7.99. The molecule has 1 amide bonds. The molecule has 1 heterocycles. The Morgan fingerprint density at radius 1 is 0.875 bits per heavy atom. The molecule has 5 rings (SSSR count). The van der Waals surface area contributed by atoms with Crippen molar-refractivity contribution in [1.82, 2.24) is 5.32 Å². The number of carbonyl (C=O) groups excluding carboxylic acids is 1. The second-order valence-electron chi connectivity index (χ2n) is 9.60. The average molecular weight is 556 g/mol. The Kier molecular flexibility index (Phi) is 9.52. The number of amides is 1. The molecule has 206 valence electrons. The maximum Gasteiger partial charge on any atom is 0.251 e. The Hall–Kier alpha value is -3.62. The molecule has 0 unspecified atom stereocenters. The zero-order valence-electron chi connectivity index (χ0n) is 22.4. The lowest BCUT2D eigenvalue weighted by Crippen LogP contribution is -2.31. The molecule has 1 aliphatic rings. The van der Waals surface area contributed by atoms with E-state index in [-0.39, 0.29) is 24.7 Å². The van der Waals surface area contributed by atoms with Crippen LogP contribution in [0.25, 0.3) is 0 Å². The number of para-hydroxylation sites is 1. The molecule has 4 aromatic carbocycles. The predicted molar refractivity (Wildman–Crippen MR) is 156 cm³/mol. The van der Waals surface area contributed by atoms with E-state index in [1.165, 1.54) is 0 Å². The van der Waals surface area contributed by atoms with Crippen LogP contribution >= 0.6 is 11.8 Å². The number of aliphatic hydroxyl groups excluding tert-OH is 1. The van der Waals surface area contributed by atoms with Crippen molar-refractivity contribution in [1.29, 1.82) is 0 Å². The summed E-state index contributed by atoms with van der Waals surface area (Å²) in [5.74, 6) is 1.49. The van der Waals surface area contributed by atoms with Crippen molar-refractivity contribution in [3.05, 3.63) is 131 Å². The van der Waals surface area contributed by atoms with Gasteiger partial charge in [0.2, 0.25) is 0 Å². The van der Waals surface area contributed by atoms with Crippen LogP contribution in [0.4, 0.5) is 0 Å². The monoisotopic (exact) mass is 555 g/mol. The highest BCUT2D eigenvalue weighted by atomic mass is 32.2. The lowest BCUT2D eigenvalue weighted by Gasteiger charge is -2.36. The molecule has 0 bridgehead atoms. The third-order valence-electron chi connectivity index (χ3n) is 6.85. The van der Waals surface area contributed by atoms with Gasteiger partial charge >= 0.3 is 0 Å². The van der Waals surface area contributed by atoms with Crippen molar-refractivity contribution < 1.29 is 24.1 Å². The van der Waals surface area contributed by atoms with Gasteiger partial charge in [0, 0.05) is 34.7 Å². The molecule has 4 aromatic rings. The van der Waals surface area contributed by atoms with Gasteiger partial charge in [0.25, 0.3) is 5.91 Å². The highest BCUT2D eigenvalue weighted by Crippen LogP contribution is 2.40. The number of benzene rings is 4. The van der Waals surface area contributed by atoms with Gasteiger partial charge in [-0.1, -0.05) is 78.9 Å². The third kappa shape index (κ3) is 7.11. The van der Waals surface area contributed by atoms with E-state index >= 15 is 0 Å². The van der Waals surface area contributed by atoms with Crippen LogP contribution in [0.3, 0.4) is 0 Å². The van der Waals surface area contributed by atoms with Crippen molar-refractivity contribution in [2.45, 2.75) is 43.0 Å². The molecular formula is C33H33NO5S. The number of aliphatic hydroxyl groups is 1. The minimum atomic E-state index is -0.535. The van der Waals surface area contributed by atoms with Crippen LogP contribution in [0.5, 0.6) is 5.75 Å². The van der Waals surface area contributed by atoms with Crippen LogP contribution in [0.1, 0.15) is 51.4 Å². The van der Waals surface area contributed by atoms with Crippen molar-refractivity contribution in [2.24, 2.45) is 0 Å². The summed E-state index contributed by atoms with van der Waals surface area (Å²) in [7, 11) is 1.68. The van der Waals surface area contributed by atoms with E-state index in [0.717, 1.165) is 38.7 Å². The largest absolute Gasteiger partial charge is 0.496 e. The Morgan fingerprint density at radius 3 is 2.27 bits per heavy atom. The van der Waals surface area contributed by atoms with E-state index in [1.54, 1.807) is 31.0 Å². The molecule has 0 aromatic heterocycles. The maximum absolute atomic E-state index is 12.4. The highest BCUT2D eigenvalue weighted by Gasteiger charge is 2.32. The summed E-state index contributed by atoms with van der Waals surface area (Å²) in [5, 5.41) is 12.4. The predicted octanol–water partition coefficient (Wildman–Crippen LogP) is 6.46. The van der Waals surface area contributed by atoms with Crippen LogP contribution in [-0.2, 0) is 22.6 Å². The van der Waals surface area contributed by atoms with Gasteiger partial charge in [-0.25, -0.2) is 0 Å². The van der Waals surface area contributed by atoms with Gasteiger partial charge < -0.3 is 24.6 Å². The van der Waals surface area contributed by atoms with Gasteiger partial charge in [-0.05, 0) is 41.0 Å². The van der Waals surface area contributed by atoms with Gasteiger partial charge in [-0.2, -0.15) is 0 Å². The number of methoxy groups -OCH3 is 1. The SMILES string of the molecule is COc1ccccc1SC[C@@H]1C[C@H](c2ccc(CO)cc2)O[C@H](c2ccc(CNC(=O)c3ccccc3)cc2)O1. The first-order valence-electron chi connectivity index (χ1n) is 13.3. The first-order chi connectivity index (χ1) is 19.6. The van der Waals surface area contributed by atoms with E-state index in [9.17, 15) is 9.90 Å². The number of hydrogen-bond donors (Lipinski definition) is 2. The maximum atomic E-state index is 12.4. The summed E-state index contributed by atoms with van der Waals surface area (Å²) < 4.78 is 18.5. The third-order valence-corrected chi connectivity index (χ3v) is 8.04. The Morgan fingerprint density at radius 2 is 1.55 bits per heavy atom. The quantitative estimate of drug-likeness (QED) is 0.219. The standard InChI is InChI=1S/C33H33NO5S/c1-37-29-9-5-6-10-31(29)40-22-28-19-30(25-15-13-24(21-35)14-16-25)39-33(38-28)27-17-11-23(12-18-27)20-34-32(36)26-7-3-2-4-8-26/h2-18,28,30,33,35H,19-22H2,1H3,(H,34,36)/t28-,30+,33+/m0/s1. The van der Waals surface area contributed by atoms with Crippen LogP contribution in [-0.4, -0.2) is 30.0 Å². The smallest absolute Gasteiger partial charge is 0.251 e. The summed E-state index contributed by atoms with van der Waals surface area (Å²) in [5.41, 5.74) is 4.47. The number of nitrogens with one attached hydrogen (secondary N) is 1. The van der Waals surface area contributed by atoms with Crippen LogP contribution < -0.4 is 10.1 Å². The van der Waals surface area contributed by atoms with Crippen molar-refractivity contribution in [3.8, 4) is 5.75 Å². The summed E-state index contributed by atoms with van der Waals surface area (Å²) in [6, 6.07) is 33.1. The lowest BCUT2D eigenvalue weighted by molar-refractivity contribution is -0.245. The second kappa shape index (κ2) is 13.6. The van der Waals surface area contributed by atoms with Crippen molar-refractivity contribution >= 4 is 17.7 Å². The van der Waals surface area contributed by atoms with Crippen LogP contribution in [0.15, 0.2) is 108 Å². The van der Waals surface area contributed by atoms with E-state index in [0.29, 0.717) is 18.5 Å². The van der Waals surface area contributed by atoms with E-state index in [4.69, 9.17) is 14.2 Å². The molecule has 0 aliphatic carbocycles. The van der Waals surface area contributed by atoms with Crippen molar-refractivity contribution in [2.75, 3.05) is 12.9 Å². The molecule has 1 saturated heterocycles. The second-order valence-corrected chi connectivity index (χ2v) is 10.7. The zero-order valence-corrected chi connectivity index (χ0v) is 23.2. The van der Waals surface area contributed by atoms with Crippen LogP contribution in [0.2, 0.25) is 0 Å². The van der Waals surface area contributed by atoms with Gasteiger partial charge in [0.15, 0.2) is 6.29 Å². The summed E-state index contributed by atoms with van der Waals surface area (Å²) in [4.78, 5) is 13.5. The minimum absolute atomic E-state index is 0.00780. The molecule has 40 heavy (non-hydrogen) atoms. The molecule has 1 fully saturated rings. The van der Waals surface area contributed by atoms with Gasteiger partial charge in [0.05, 0.1) is 25.9 Å². The molecule has 3 atom stereocenters. The molecule has 0 radical (unpaired) electrons. The molecule has 6 nitrogen and oxygen atoms in total. The average Bonchev–Trinajstić information content (AvgIpc) is 3.03. The molecule has 7 heteroatoms. The molecule has 1 aliphatic heterocycles. The Bertz CT molecular complexity index is 1380.